The average molecular weight is 284 g/mol. The van der Waals surface area contributed by atoms with Gasteiger partial charge in [0.25, 0.3) is 0 Å². The molecule has 4 heteroatoms. The summed E-state index contributed by atoms with van der Waals surface area (Å²) >= 11 is 0. The van der Waals surface area contributed by atoms with Gasteiger partial charge in [0.2, 0.25) is 0 Å². The van der Waals surface area contributed by atoms with Gasteiger partial charge in [0.1, 0.15) is 5.75 Å². The second kappa shape index (κ2) is 10.2. The van der Waals surface area contributed by atoms with Gasteiger partial charge in [0, 0.05) is 0 Å². The number of unbranched alkanes of at least 4 members (excludes halogenated alkanes) is 2. The third-order valence-electron chi connectivity index (χ3n) is 2.91. The third kappa shape index (κ3) is 7.51. The summed E-state index contributed by atoms with van der Waals surface area (Å²) < 4.78 is 11.0. The lowest BCUT2D eigenvalue weighted by Gasteiger charge is -2.19. The van der Waals surface area contributed by atoms with Crippen LogP contribution in [0.5, 0.6) is 5.75 Å². The van der Waals surface area contributed by atoms with E-state index in [2.05, 4.69) is 13.8 Å². The van der Waals surface area contributed by atoms with Crippen LogP contribution < -0.4 is 4.52 Å². The van der Waals surface area contributed by atoms with Crippen molar-refractivity contribution in [2.45, 2.75) is 58.5 Å². The molecule has 2 atom stereocenters. The monoisotopic (exact) mass is 284 g/mol. The zero-order chi connectivity index (χ0) is 13.9. The Bertz CT molecular complexity index is 318. The topological polar surface area (TPSA) is 38.7 Å². The Kier molecular flexibility index (Phi) is 8.81. The van der Waals surface area contributed by atoms with Gasteiger partial charge in [-0.05, 0) is 25.0 Å². The number of para-hydroxylation sites is 1. The van der Waals surface area contributed by atoms with E-state index in [1.807, 2.05) is 30.3 Å². The highest BCUT2D eigenvalue weighted by atomic mass is 31.2. The smallest absolute Gasteiger partial charge is 0.394 e. The highest BCUT2D eigenvalue weighted by Gasteiger charge is 2.17. The van der Waals surface area contributed by atoms with Crippen LogP contribution in [0, 0.1) is 0 Å². The van der Waals surface area contributed by atoms with Gasteiger partial charge in [-0.25, -0.2) is 0 Å². The van der Waals surface area contributed by atoms with Crippen molar-refractivity contribution in [3.05, 3.63) is 30.3 Å². The molecule has 0 radical (unpaired) electrons. The number of hydrogen-bond acceptors (Lipinski definition) is 3. The first-order valence-electron chi connectivity index (χ1n) is 7.15. The van der Waals surface area contributed by atoms with Crippen LogP contribution in [-0.4, -0.2) is 11.0 Å². The molecule has 19 heavy (non-hydrogen) atoms. The molecule has 0 amide bonds. The van der Waals surface area contributed by atoms with E-state index in [-0.39, 0.29) is 6.10 Å². The fourth-order valence-electron chi connectivity index (χ4n) is 1.91. The van der Waals surface area contributed by atoms with E-state index in [1.54, 1.807) is 0 Å². The maximum atomic E-state index is 9.88. The molecule has 3 nitrogen and oxygen atoms in total. The van der Waals surface area contributed by atoms with E-state index in [1.165, 1.54) is 12.8 Å². The summed E-state index contributed by atoms with van der Waals surface area (Å²) in [6, 6.07) is 9.31. The fourth-order valence-corrected chi connectivity index (χ4v) is 2.73. The zero-order valence-corrected chi connectivity index (χ0v) is 12.8. The number of rotatable bonds is 10. The van der Waals surface area contributed by atoms with Crippen LogP contribution in [0.1, 0.15) is 52.4 Å². The molecule has 108 valence electrons. The van der Waals surface area contributed by atoms with Crippen LogP contribution in [0.15, 0.2) is 30.3 Å². The lowest BCUT2D eigenvalue weighted by Crippen LogP contribution is -2.11. The van der Waals surface area contributed by atoms with Crippen molar-refractivity contribution >= 4 is 8.60 Å². The molecular formula is C15H25O3P. The van der Waals surface area contributed by atoms with Crippen molar-refractivity contribution in [1.29, 1.82) is 0 Å². The molecule has 0 bridgehead atoms. The Morgan fingerprint density at radius 2 is 1.79 bits per heavy atom. The first-order valence-corrected chi connectivity index (χ1v) is 8.28. The van der Waals surface area contributed by atoms with Crippen molar-refractivity contribution < 1.29 is 13.9 Å². The van der Waals surface area contributed by atoms with Crippen LogP contribution >= 0.6 is 8.60 Å². The van der Waals surface area contributed by atoms with Crippen molar-refractivity contribution in [1.82, 2.24) is 0 Å². The molecule has 0 aliphatic rings. The highest BCUT2D eigenvalue weighted by molar-refractivity contribution is 7.41. The number of benzene rings is 1. The Balaban J connectivity index is 2.35. The molecule has 0 heterocycles. The van der Waals surface area contributed by atoms with Gasteiger partial charge in [-0.2, -0.15) is 0 Å². The molecular weight excluding hydrogens is 259 g/mol. The number of hydrogen-bond donors (Lipinski definition) is 1. The minimum absolute atomic E-state index is 0.108. The molecule has 0 aliphatic heterocycles. The van der Waals surface area contributed by atoms with Crippen LogP contribution in [-0.2, 0) is 4.52 Å². The molecule has 1 N–H and O–H groups in total. The molecule has 0 aromatic heterocycles. The Labute approximate surface area is 117 Å². The first kappa shape index (κ1) is 16.4. The lowest BCUT2D eigenvalue weighted by molar-refractivity contribution is 0.153. The Hall–Kier alpha value is -0.630. The second-order valence-electron chi connectivity index (χ2n) is 4.65. The zero-order valence-electron chi connectivity index (χ0n) is 11.9. The van der Waals surface area contributed by atoms with E-state index < -0.39 is 8.60 Å². The van der Waals surface area contributed by atoms with Crippen molar-refractivity contribution in [2.24, 2.45) is 0 Å². The molecule has 1 aromatic rings. The Morgan fingerprint density at radius 1 is 1.05 bits per heavy atom. The van der Waals surface area contributed by atoms with Crippen molar-refractivity contribution in [2.75, 3.05) is 0 Å². The van der Waals surface area contributed by atoms with Crippen LogP contribution in [0.4, 0.5) is 0 Å². The van der Waals surface area contributed by atoms with Gasteiger partial charge in [-0.3, -0.25) is 4.52 Å². The first-order chi connectivity index (χ1) is 9.26. The fraction of sp³-hybridized carbons (Fsp3) is 0.600. The van der Waals surface area contributed by atoms with E-state index in [9.17, 15) is 4.89 Å². The molecule has 1 rings (SSSR count). The van der Waals surface area contributed by atoms with E-state index in [4.69, 9.17) is 9.05 Å². The highest BCUT2D eigenvalue weighted by Crippen LogP contribution is 2.37. The lowest BCUT2D eigenvalue weighted by atomic mass is 10.1. The average Bonchev–Trinajstić information content (AvgIpc) is 2.40. The molecule has 2 unspecified atom stereocenters. The predicted molar refractivity (Wildman–Crippen MR) is 80.1 cm³/mol. The van der Waals surface area contributed by atoms with Crippen molar-refractivity contribution in [3.63, 3.8) is 0 Å². The van der Waals surface area contributed by atoms with Gasteiger partial charge in [-0.15, -0.1) is 0 Å². The normalized spacial score (nSPS) is 14.1. The minimum atomic E-state index is -1.83. The summed E-state index contributed by atoms with van der Waals surface area (Å²) in [5, 5.41) is 0. The second-order valence-corrected chi connectivity index (χ2v) is 5.52. The SMILES string of the molecule is CCCCCC(CCC)OP(O)Oc1ccccc1. The maximum absolute atomic E-state index is 9.88. The van der Waals surface area contributed by atoms with E-state index in [0.29, 0.717) is 5.75 Å². The minimum Gasteiger partial charge on any atom is -0.427 e. The molecule has 0 saturated heterocycles. The van der Waals surface area contributed by atoms with Crippen LogP contribution in [0.25, 0.3) is 0 Å². The summed E-state index contributed by atoms with van der Waals surface area (Å²) in [4.78, 5) is 9.88. The summed E-state index contributed by atoms with van der Waals surface area (Å²) in [7, 11) is -1.83. The van der Waals surface area contributed by atoms with Crippen LogP contribution in [0.3, 0.4) is 0 Å². The molecule has 0 spiro atoms. The van der Waals surface area contributed by atoms with E-state index in [0.717, 1.165) is 25.7 Å². The molecule has 0 aliphatic carbocycles. The quantitative estimate of drug-likeness (QED) is 0.482. The van der Waals surface area contributed by atoms with Crippen molar-refractivity contribution in [3.8, 4) is 5.75 Å². The van der Waals surface area contributed by atoms with Gasteiger partial charge >= 0.3 is 8.60 Å². The third-order valence-corrected chi connectivity index (χ3v) is 3.75. The largest absolute Gasteiger partial charge is 0.427 e. The molecule has 0 fully saturated rings. The standard InChI is InChI=1S/C15H25O3P/c1-3-5-7-11-14(10-4-2)17-19(16)18-15-12-8-6-9-13-15/h6,8-9,12-14,16H,3-5,7,10-11H2,1-2H3. The van der Waals surface area contributed by atoms with Gasteiger partial charge < -0.3 is 9.42 Å². The summed E-state index contributed by atoms with van der Waals surface area (Å²) in [5.41, 5.74) is 0. The molecule has 1 aromatic carbocycles. The Morgan fingerprint density at radius 3 is 2.42 bits per heavy atom. The maximum Gasteiger partial charge on any atom is 0.394 e. The summed E-state index contributed by atoms with van der Waals surface area (Å²) in [5.74, 6) is 0.653. The van der Waals surface area contributed by atoms with Crippen LogP contribution in [0.2, 0.25) is 0 Å². The summed E-state index contributed by atoms with van der Waals surface area (Å²) in [6.45, 7) is 4.32. The predicted octanol–water partition coefficient (Wildman–Crippen LogP) is 5.05. The van der Waals surface area contributed by atoms with Gasteiger partial charge in [-0.1, -0.05) is 57.7 Å². The van der Waals surface area contributed by atoms with E-state index >= 15 is 0 Å². The summed E-state index contributed by atoms with van der Waals surface area (Å²) in [6.07, 6.45) is 6.71. The van der Waals surface area contributed by atoms with Gasteiger partial charge in [0.05, 0.1) is 6.10 Å². The van der Waals surface area contributed by atoms with Gasteiger partial charge in [0.15, 0.2) is 0 Å². The molecule has 0 saturated carbocycles.